The number of amides is 1. The molecule has 5 nitrogen and oxygen atoms in total. The van der Waals surface area contributed by atoms with Crippen LogP contribution in [0, 0.1) is 0 Å². The first kappa shape index (κ1) is 11.7. The summed E-state index contributed by atoms with van der Waals surface area (Å²) in [5, 5.41) is 15.6. The zero-order chi connectivity index (χ0) is 11.1. The molecule has 0 spiro atoms. The molecule has 0 unspecified atom stereocenters. The largest absolute Gasteiger partial charge is 0.394 e. The van der Waals surface area contributed by atoms with Crippen molar-refractivity contribution < 1.29 is 9.90 Å². The lowest BCUT2D eigenvalue weighted by Crippen LogP contribution is -2.37. The van der Waals surface area contributed by atoms with E-state index in [-0.39, 0.29) is 18.6 Å². The molecule has 15 heavy (non-hydrogen) atoms. The molecule has 1 aromatic rings. The molecular weight excluding hydrogens is 194 g/mol. The third-order valence-corrected chi connectivity index (χ3v) is 2.21. The van der Waals surface area contributed by atoms with Gasteiger partial charge in [0.25, 0.3) is 0 Å². The maximum Gasteiger partial charge on any atom is 0.222 e. The highest BCUT2D eigenvalue weighted by atomic mass is 16.3. The molecule has 1 heterocycles. The standard InChI is InChI=1S/C10H17N3O2/c1-2-9(8-14)12-10(15)4-7-13-6-3-5-11-13/h3,5-6,9,14H,2,4,7-8H2,1H3,(H,12,15)/t9-/m0/s1. The monoisotopic (exact) mass is 211 g/mol. The number of nitrogens with zero attached hydrogens (tertiary/aromatic N) is 2. The molecule has 1 aromatic heterocycles. The highest BCUT2D eigenvalue weighted by Gasteiger charge is 2.08. The number of rotatable bonds is 6. The minimum Gasteiger partial charge on any atom is -0.394 e. The number of aryl methyl sites for hydroxylation is 1. The summed E-state index contributed by atoms with van der Waals surface area (Å²) in [7, 11) is 0. The van der Waals surface area contributed by atoms with E-state index in [1.165, 1.54) is 0 Å². The fourth-order valence-electron chi connectivity index (χ4n) is 1.23. The minimum absolute atomic E-state index is 0.00991. The van der Waals surface area contributed by atoms with E-state index in [1.807, 2.05) is 19.2 Å². The number of aliphatic hydroxyl groups excluding tert-OH is 1. The van der Waals surface area contributed by atoms with Gasteiger partial charge in [0.15, 0.2) is 0 Å². The molecule has 0 radical (unpaired) electrons. The van der Waals surface area contributed by atoms with Crippen molar-refractivity contribution in [2.75, 3.05) is 6.61 Å². The number of carbonyl (C=O) groups excluding carboxylic acids is 1. The number of carbonyl (C=O) groups is 1. The molecule has 5 heteroatoms. The lowest BCUT2D eigenvalue weighted by molar-refractivity contribution is -0.122. The molecular formula is C10H17N3O2. The van der Waals surface area contributed by atoms with Crippen LogP contribution in [0.25, 0.3) is 0 Å². The second-order valence-corrected chi connectivity index (χ2v) is 3.37. The van der Waals surface area contributed by atoms with Crippen LogP contribution in [-0.4, -0.2) is 33.4 Å². The number of nitrogens with one attached hydrogen (secondary N) is 1. The van der Waals surface area contributed by atoms with Crippen molar-refractivity contribution in [2.45, 2.75) is 32.4 Å². The van der Waals surface area contributed by atoms with Crippen molar-refractivity contribution in [1.29, 1.82) is 0 Å². The number of hydrogen-bond acceptors (Lipinski definition) is 3. The Labute approximate surface area is 89.1 Å². The number of hydrogen-bond donors (Lipinski definition) is 2. The summed E-state index contributed by atoms with van der Waals surface area (Å²) in [6.07, 6.45) is 4.62. The van der Waals surface area contributed by atoms with Crippen molar-refractivity contribution in [1.82, 2.24) is 15.1 Å². The van der Waals surface area contributed by atoms with Gasteiger partial charge in [-0.3, -0.25) is 9.48 Å². The van der Waals surface area contributed by atoms with Gasteiger partial charge < -0.3 is 10.4 Å². The first-order chi connectivity index (χ1) is 7.26. The predicted molar refractivity (Wildman–Crippen MR) is 56.2 cm³/mol. The zero-order valence-corrected chi connectivity index (χ0v) is 8.89. The van der Waals surface area contributed by atoms with E-state index in [2.05, 4.69) is 10.4 Å². The van der Waals surface area contributed by atoms with Crippen LogP contribution in [0.2, 0.25) is 0 Å². The number of aromatic nitrogens is 2. The zero-order valence-electron chi connectivity index (χ0n) is 8.89. The van der Waals surface area contributed by atoms with Gasteiger partial charge in [0.1, 0.15) is 0 Å². The Bertz CT molecular complexity index is 281. The molecule has 0 fully saturated rings. The van der Waals surface area contributed by atoms with Gasteiger partial charge in [-0.15, -0.1) is 0 Å². The third kappa shape index (κ3) is 4.12. The van der Waals surface area contributed by atoms with Gasteiger partial charge in [-0.25, -0.2) is 0 Å². The topological polar surface area (TPSA) is 67.2 Å². The van der Waals surface area contributed by atoms with Crippen LogP contribution in [0.1, 0.15) is 19.8 Å². The smallest absolute Gasteiger partial charge is 0.222 e. The van der Waals surface area contributed by atoms with E-state index < -0.39 is 0 Å². The Kier molecular flexibility index (Phi) is 4.83. The quantitative estimate of drug-likeness (QED) is 0.704. The van der Waals surface area contributed by atoms with Crippen LogP contribution < -0.4 is 5.32 Å². The number of aliphatic hydroxyl groups is 1. The SMILES string of the molecule is CC[C@@H](CO)NC(=O)CCn1cccn1. The summed E-state index contributed by atoms with van der Waals surface area (Å²) in [6, 6.07) is 1.69. The van der Waals surface area contributed by atoms with Crippen molar-refractivity contribution in [3.05, 3.63) is 18.5 Å². The average Bonchev–Trinajstić information content (AvgIpc) is 2.75. The van der Waals surface area contributed by atoms with Gasteiger partial charge in [-0.2, -0.15) is 5.10 Å². The van der Waals surface area contributed by atoms with E-state index in [4.69, 9.17) is 5.11 Å². The molecule has 0 aliphatic carbocycles. The second kappa shape index (κ2) is 6.19. The van der Waals surface area contributed by atoms with E-state index in [9.17, 15) is 4.79 Å². The molecule has 1 rings (SSSR count). The summed E-state index contributed by atoms with van der Waals surface area (Å²) in [4.78, 5) is 11.4. The summed E-state index contributed by atoms with van der Waals surface area (Å²) in [5.41, 5.74) is 0. The summed E-state index contributed by atoms with van der Waals surface area (Å²) >= 11 is 0. The van der Waals surface area contributed by atoms with E-state index in [1.54, 1.807) is 10.9 Å². The van der Waals surface area contributed by atoms with Gasteiger partial charge in [-0.05, 0) is 12.5 Å². The molecule has 84 valence electrons. The van der Waals surface area contributed by atoms with Gasteiger partial charge in [0, 0.05) is 25.4 Å². The van der Waals surface area contributed by atoms with Crippen molar-refractivity contribution in [3.8, 4) is 0 Å². The molecule has 0 aliphatic heterocycles. The van der Waals surface area contributed by atoms with E-state index in [0.717, 1.165) is 6.42 Å². The first-order valence-corrected chi connectivity index (χ1v) is 5.14. The van der Waals surface area contributed by atoms with Crippen molar-refractivity contribution in [3.63, 3.8) is 0 Å². The van der Waals surface area contributed by atoms with Crippen LogP contribution in [-0.2, 0) is 11.3 Å². The highest BCUT2D eigenvalue weighted by molar-refractivity contribution is 5.76. The van der Waals surface area contributed by atoms with Gasteiger partial charge in [-0.1, -0.05) is 6.92 Å². The van der Waals surface area contributed by atoms with Crippen LogP contribution >= 0.6 is 0 Å². The van der Waals surface area contributed by atoms with E-state index >= 15 is 0 Å². The summed E-state index contributed by atoms with van der Waals surface area (Å²) in [6.45, 7) is 2.49. The van der Waals surface area contributed by atoms with Crippen LogP contribution in [0.4, 0.5) is 0 Å². The summed E-state index contributed by atoms with van der Waals surface area (Å²) < 4.78 is 1.71. The van der Waals surface area contributed by atoms with Crippen LogP contribution in [0.5, 0.6) is 0 Å². The van der Waals surface area contributed by atoms with Crippen molar-refractivity contribution >= 4 is 5.91 Å². The molecule has 0 saturated heterocycles. The molecule has 0 aromatic carbocycles. The molecule has 2 N–H and O–H groups in total. The van der Waals surface area contributed by atoms with Crippen LogP contribution in [0.3, 0.4) is 0 Å². The molecule has 0 saturated carbocycles. The van der Waals surface area contributed by atoms with Gasteiger partial charge in [0.05, 0.1) is 12.6 Å². The van der Waals surface area contributed by atoms with E-state index in [0.29, 0.717) is 13.0 Å². The highest BCUT2D eigenvalue weighted by Crippen LogP contribution is 1.93. The Hall–Kier alpha value is -1.36. The van der Waals surface area contributed by atoms with Gasteiger partial charge >= 0.3 is 0 Å². The Morgan fingerprint density at radius 3 is 3.00 bits per heavy atom. The molecule has 0 aliphatic rings. The minimum atomic E-state index is -0.130. The van der Waals surface area contributed by atoms with Gasteiger partial charge in [0.2, 0.25) is 5.91 Å². The Morgan fingerprint density at radius 2 is 2.47 bits per heavy atom. The lowest BCUT2D eigenvalue weighted by Gasteiger charge is -2.13. The summed E-state index contributed by atoms with van der Waals surface area (Å²) in [5.74, 6) is -0.0496. The Balaban J connectivity index is 2.24. The van der Waals surface area contributed by atoms with Crippen molar-refractivity contribution in [2.24, 2.45) is 0 Å². The molecule has 1 amide bonds. The fourth-order valence-corrected chi connectivity index (χ4v) is 1.23. The predicted octanol–water partition coefficient (Wildman–Crippen LogP) is 0.160. The fraction of sp³-hybridized carbons (Fsp3) is 0.600. The maximum absolute atomic E-state index is 11.4. The molecule has 0 bridgehead atoms. The average molecular weight is 211 g/mol. The second-order valence-electron chi connectivity index (χ2n) is 3.37. The maximum atomic E-state index is 11.4. The Morgan fingerprint density at radius 1 is 1.67 bits per heavy atom. The van der Waals surface area contributed by atoms with Crippen LogP contribution in [0.15, 0.2) is 18.5 Å². The first-order valence-electron chi connectivity index (χ1n) is 5.14. The lowest BCUT2D eigenvalue weighted by atomic mass is 10.2. The molecule has 1 atom stereocenters. The normalized spacial score (nSPS) is 12.4. The third-order valence-electron chi connectivity index (χ3n) is 2.21.